The van der Waals surface area contributed by atoms with Crippen LogP contribution in [0.3, 0.4) is 0 Å². The Morgan fingerprint density at radius 1 is 1.63 bits per heavy atom. The van der Waals surface area contributed by atoms with Crippen molar-refractivity contribution in [2.45, 2.75) is 32.4 Å². The molecule has 1 aromatic heterocycles. The SMILES string of the molecule is CCOC(=O)c1cnn(C)c1CNCC1CC(O)C1. The number of hydrogen-bond donors (Lipinski definition) is 2. The van der Waals surface area contributed by atoms with Crippen LogP contribution in [0.25, 0.3) is 0 Å². The van der Waals surface area contributed by atoms with E-state index in [1.54, 1.807) is 17.8 Å². The van der Waals surface area contributed by atoms with Crippen LogP contribution in [0.1, 0.15) is 35.8 Å². The maximum absolute atomic E-state index is 11.7. The predicted octanol–water partition coefficient (Wildman–Crippen LogP) is 0.457. The Kier molecular flexibility index (Phi) is 4.55. The molecule has 0 saturated heterocycles. The number of hydrogen-bond acceptors (Lipinski definition) is 5. The number of nitrogens with one attached hydrogen (secondary N) is 1. The number of esters is 1. The summed E-state index contributed by atoms with van der Waals surface area (Å²) in [6.07, 6.45) is 3.15. The fourth-order valence-corrected chi connectivity index (χ4v) is 2.31. The average Bonchev–Trinajstić information content (AvgIpc) is 2.69. The highest BCUT2D eigenvalue weighted by Crippen LogP contribution is 2.26. The van der Waals surface area contributed by atoms with Gasteiger partial charge in [-0.25, -0.2) is 4.79 Å². The van der Waals surface area contributed by atoms with Gasteiger partial charge in [0.05, 0.1) is 24.6 Å². The van der Waals surface area contributed by atoms with E-state index >= 15 is 0 Å². The minimum absolute atomic E-state index is 0.126. The number of carbonyl (C=O) groups is 1. The largest absolute Gasteiger partial charge is 0.462 e. The minimum Gasteiger partial charge on any atom is -0.462 e. The molecule has 1 saturated carbocycles. The molecule has 1 aromatic rings. The highest BCUT2D eigenvalue weighted by atomic mass is 16.5. The number of ether oxygens (including phenoxy) is 1. The summed E-state index contributed by atoms with van der Waals surface area (Å²) >= 11 is 0. The third-order valence-corrected chi connectivity index (χ3v) is 3.49. The van der Waals surface area contributed by atoms with Gasteiger partial charge in [0, 0.05) is 13.6 Å². The number of aromatic nitrogens is 2. The molecule has 1 fully saturated rings. The van der Waals surface area contributed by atoms with Gasteiger partial charge in [-0.15, -0.1) is 0 Å². The molecule has 0 amide bonds. The molecule has 0 aliphatic heterocycles. The second-order valence-corrected chi connectivity index (χ2v) is 4.97. The highest BCUT2D eigenvalue weighted by Gasteiger charge is 2.26. The summed E-state index contributed by atoms with van der Waals surface area (Å²) in [6.45, 7) is 3.58. The van der Waals surface area contributed by atoms with Crippen LogP contribution in [-0.4, -0.2) is 40.1 Å². The van der Waals surface area contributed by atoms with Gasteiger partial charge in [-0.1, -0.05) is 0 Å². The smallest absolute Gasteiger partial charge is 0.341 e. The van der Waals surface area contributed by atoms with Crippen LogP contribution in [0.15, 0.2) is 6.20 Å². The molecule has 1 heterocycles. The Labute approximate surface area is 112 Å². The topological polar surface area (TPSA) is 76.4 Å². The molecule has 2 rings (SSSR count). The van der Waals surface area contributed by atoms with E-state index in [1.807, 2.05) is 7.05 Å². The van der Waals surface area contributed by atoms with Gasteiger partial charge in [-0.05, 0) is 32.2 Å². The van der Waals surface area contributed by atoms with Crippen molar-refractivity contribution in [3.05, 3.63) is 17.5 Å². The van der Waals surface area contributed by atoms with Gasteiger partial charge in [-0.2, -0.15) is 5.10 Å². The zero-order valence-electron chi connectivity index (χ0n) is 11.4. The van der Waals surface area contributed by atoms with E-state index in [9.17, 15) is 9.90 Å². The fraction of sp³-hybridized carbons (Fsp3) is 0.692. The normalized spacial score (nSPS) is 22.1. The molecular weight excluding hydrogens is 246 g/mol. The summed E-state index contributed by atoms with van der Waals surface area (Å²) < 4.78 is 6.69. The molecule has 0 unspecified atom stereocenters. The van der Waals surface area contributed by atoms with Gasteiger partial charge in [0.2, 0.25) is 0 Å². The quantitative estimate of drug-likeness (QED) is 0.732. The third-order valence-electron chi connectivity index (χ3n) is 3.49. The molecule has 0 radical (unpaired) electrons. The lowest BCUT2D eigenvalue weighted by Crippen LogP contribution is -2.36. The zero-order valence-corrected chi connectivity index (χ0v) is 11.4. The number of rotatable bonds is 6. The molecule has 19 heavy (non-hydrogen) atoms. The van der Waals surface area contributed by atoms with Crippen molar-refractivity contribution in [1.29, 1.82) is 0 Å². The van der Waals surface area contributed by atoms with Gasteiger partial charge in [0.25, 0.3) is 0 Å². The monoisotopic (exact) mass is 267 g/mol. The number of aryl methyl sites for hydroxylation is 1. The first-order valence-corrected chi connectivity index (χ1v) is 6.68. The first kappa shape index (κ1) is 14.0. The van der Waals surface area contributed by atoms with E-state index in [0.29, 0.717) is 24.6 Å². The van der Waals surface area contributed by atoms with E-state index in [2.05, 4.69) is 10.4 Å². The molecular formula is C13H21N3O3. The molecule has 2 N–H and O–H groups in total. The van der Waals surface area contributed by atoms with Crippen molar-refractivity contribution in [3.63, 3.8) is 0 Å². The Bertz CT molecular complexity index is 438. The van der Waals surface area contributed by atoms with E-state index in [4.69, 9.17) is 4.74 Å². The lowest BCUT2D eigenvalue weighted by molar-refractivity contribution is 0.0429. The van der Waals surface area contributed by atoms with Crippen LogP contribution in [0.2, 0.25) is 0 Å². The molecule has 6 nitrogen and oxygen atoms in total. The lowest BCUT2D eigenvalue weighted by Gasteiger charge is -2.31. The van der Waals surface area contributed by atoms with Gasteiger partial charge < -0.3 is 15.2 Å². The number of carbonyl (C=O) groups excluding carboxylic acids is 1. The maximum atomic E-state index is 11.7. The van der Waals surface area contributed by atoms with Crippen LogP contribution < -0.4 is 5.32 Å². The van der Waals surface area contributed by atoms with E-state index in [0.717, 1.165) is 25.1 Å². The summed E-state index contributed by atoms with van der Waals surface area (Å²) in [5.74, 6) is 0.209. The van der Waals surface area contributed by atoms with Crippen molar-refractivity contribution in [2.75, 3.05) is 13.2 Å². The second-order valence-electron chi connectivity index (χ2n) is 4.97. The molecule has 1 aliphatic carbocycles. The van der Waals surface area contributed by atoms with Crippen LogP contribution in [0, 0.1) is 5.92 Å². The number of aliphatic hydroxyl groups is 1. The zero-order chi connectivity index (χ0) is 13.8. The van der Waals surface area contributed by atoms with Crippen LogP contribution in [-0.2, 0) is 18.3 Å². The van der Waals surface area contributed by atoms with Crippen LogP contribution >= 0.6 is 0 Å². The van der Waals surface area contributed by atoms with Crippen molar-refractivity contribution in [3.8, 4) is 0 Å². The summed E-state index contributed by atoms with van der Waals surface area (Å²) in [5.41, 5.74) is 1.35. The maximum Gasteiger partial charge on any atom is 0.341 e. The minimum atomic E-state index is -0.327. The van der Waals surface area contributed by atoms with Gasteiger partial charge in [-0.3, -0.25) is 4.68 Å². The lowest BCUT2D eigenvalue weighted by atomic mass is 9.82. The summed E-state index contributed by atoms with van der Waals surface area (Å²) in [5, 5.41) is 16.6. The van der Waals surface area contributed by atoms with E-state index in [1.165, 1.54) is 0 Å². The van der Waals surface area contributed by atoms with E-state index in [-0.39, 0.29) is 12.1 Å². The molecule has 0 aromatic carbocycles. The molecule has 0 spiro atoms. The first-order valence-electron chi connectivity index (χ1n) is 6.68. The number of nitrogens with zero attached hydrogens (tertiary/aromatic N) is 2. The standard InChI is InChI=1S/C13H21N3O3/c1-3-19-13(18)11-7-15-16(2)12(11)8-14-6-9-4-10(17)5-9/h7,9-10,14,17H,3-6,8H2,1-2H3. The van der Waals surface area contributed by atoms with Gasteiger partial charge >= 0.3 is 5.97 Å². The second kappa shape index (κ2) is 6.16. The van der Waals surface area contributed by atoms with Gasteiger partial charge in [0.15, 0.2) is 0 Å². The highest BCUT2D eigenvalue weighted by molar-refractivity contribution is 5.90. The summed E-state index contributed by atoms with van der Waals surface area (Å²) in [7, 11) is 1.81. The fourth-order valence-electron chi connectivity index (χ4n) is 2.31. The molecule has 1 aliphatic rings. The Hall–Kier alpha value is -1.40. The summed E-state index contributed by atoms with van der Waals surface area (Å²) in [4.78, 5) is 11.7. The Balaban J connectivity index is 1.88. The third kappa shape index (κ3) is 3.33. The van der Waals surface area contributed by atoms with Crippen LogP contribution in [0.4, 0.5) is 0 Å². The van der Waals surface area contributed by atoms with Crippen LogP contribution in [0.5, 0.6) is 0 Å². The first-order chi connectivity index (χ1) is 9.11. The van der Waals surface area contributed by atoms with Crippen molar-refractivity contribution < 1.29 is 14.6 Å². The molecule has 6 heteroatoms. The Morgan fingerprint density at radius 3 is 3.00 bits per heavy atom. The molecule has 106 valence electrons. The predicted molar refractivity (Wildman–Crippen MR) is 69.6 cm³/mol. The van der Waals surface area contributed by atoms with Crippen molar-refractivity contribution in [2.24, 2.45) is 13.0 Å². The number of aliphatic hydroxyl groups excluding tert-OH is 1. The molecule has 0 bridgehead atoms. The summed E-state index contributed by atoms with van der Waals surface area (Å²) in [6, 6.07) is 0. The average molecular weight is 267 g/mol. The van der Waals surface area contributed by atoms with E-state index < -0.39 is 0 Å². The van der Waals surface area contributed by atoms with Crippen molar-refractivity contribution >= 4 is 5.97 Å². The Morgan fingerprint density at radius 2 is 2.37 bits per heavy atom. The van der Waals surface area contributed by atoms with Gasteiger partial charge in [0.1, 0.15) is 5.56 Å². The molecule has 0 atom stereocenters. The van der Waals surface area contributed by atoms with Crippen molar-refractivity contribution in [1.82, 2.24) is 15.1 Å².